The summed E-state index contributed by atoms with van der Waals surface area (Å²) in [6.45, 7) is 9.29. The molecule has 3 saturated heterocycles. The number of benzene rings is 6. The first-order chi connectivity index (χ1) is 30.9. The Balaban J connectivity index is 0.00000518. The van der Waals surface area contributed by atoms with Gasteiger partial charge in [0.15, 0.2) is 11.9 Å². The molecule has 4 unspecified atom stereocenters. The Kier molecular flexibility index (Phi) is 12.2. The smallest absolute Gasteiger partial charge is 0.227 e. The first-order valence-corrected chi connectivity index (χ1v) is 22.3. The zero-order valence-corrected chi connectivity index (χ0v) is 37.5. The van der Waals surface area contributed by atoms with Crippen molar-refractivity contribution in [2.24, 2.45) is 11.8 Å². The van der Waals surface area contributed by atoms with E-state index in [1.807, 2.05) is 66.9 Å². The molecule has 2 aromatic heterocycles. The third-order valence-corrected chi connectivity index (χ3v) is 13.7. The van der Waals surface area contributed by atoms with Crippen molar-refractivity contribution in [2.45, 2.75) is 38.5 Å². The fourth-order valence-corrected chi connectivity index (χ4v) is 10.7. The quantitative estimate of drug-likeness (QED) is 0.0530. The summed E-state index contributed by atoms with van der Waals surface area (Å²) < 4.78 is 14.8. The molecular weight excluding hydrogens is 808 g/mol. The minimum atomic E-state index is -0.427. The van der Waals surface area contributed by atoms with Crippen molar-refractivity contribution in [2.75, 3.05) is 20.2 Å². The molecule has 0 saturated carbocycles. The predicted molar refractivity (Wildman–Crippen MR) is 262 cm³/mol. The van der Waals surface area contributed by atoms with Gasteiger partial charge in [0, 0.05) is 58.2 Å². The van der Waals surface area contributed by atoms with Gasteiger partial charge in [0.1, 0.15) is 23.5 Å². The van der Waals surface area contributed by atoms with Gasteiger partial charge in [0.25, 0.3) is 0 Å². The number of hydrogen-bond acceptors (Lipinski definition) is 5. The number of quaternary nitrogens is 1. The predicted octanol–water partition coefficient (Wildman–Crippen LogP) is 13.8. The average molecular weight is 862 g/mol. The third kappa shape index (κ3) is 8.09. The highest BCUT2D eigenvalue weighted by Gasteiger charge is 2.55. The van der Waals surface area contributed by atoms with Crippen LogP contribution in [0.4, 0.5) is 0 Å². The van der Waals surface area contributed by atoms with Gasteiger partial charge in [-0.3, -0.25) is 4.98 Å². The highest BCUT2D eigenvalue weighted by atomic mass is 35.5. The Morgan fingerprint density at radius 3 is 1.98 bits per heavy atom. The second-order valence-electron chi connectivity index (χ2n) is 17.2. The average Bonchev–Trinajstić information content (AvgIpc) is 3.33. The minimum absolute atomic E-state index is 0. The van der Waals surface area contributed by atoms with Crippen molar-refractivity contribution < 1.29 is 14.0 Å². The molecule has 11 rings (SSSR count). The Morgan fingerprint density at radius 2 is 1.38 bits per heavy atom. The van der Waals surface area contributed by atoms with Gasteiger partial charge in [-0.05, 0) is 59.9 Å². The van der Waals surface area contributed by atoms with Crippen LogP contribution in [-0.4, -0.2) is 45.7 Å². The number of piperidine rings is 3. The number of hydrogen-bond donors (Lipinski definition) is 0. The van der Waals surface area contributed by atoms with Gasteiger partial charge >= 0.3 is 0 Å². The maximum absolute atomic E-state index is 7.70. The number of pyridine rings is 1. The molecule has 0 N–H and O–H groups in total. The molecule has 6 aromatic carbocycles. The lowest BCUT2D eigenvalue weighted by Crippen LogP contribution is -2.68. The fraction of sp³-hybridized carbons (Fsp3) is 0.193. The molecular formula is C57H53ClN4O2. The summed E-state index contributed by atoms with van der Waals surface area (Å²) in [6, 6.07) is 54.8. The summed E-state index contributed by atoms with van der Waals surface area (Å²) >= 11 is 7.27. The molecule has 5 atom stereocenters. The molecule has 6 nitrogen and oxygen atoms in total. The lowest BCUT2D eigenvalue weighted by molar-refractivity contribution is -0.984. The molecule has 0 spiro atoms. The molecule has 0 aliphatic carbocycles. The molecule has 0 amide bonds. The van der Waals surface area contributed by atoms with Crippen LogP contribution in [0.2, 0.25) is 5.15 Å². The summed E-state index contributed by atoms with van der Waals surface area (Å²) in [6.07, 6.45) is 5.77. The molecule has 3 aliphatic rings. The molecule has 3 fully saturated rings. The first kappa shape index (κ1) is 42.7. The number of aryl methyl sites for hydroxylation is 1. The van der Waals surface area contributed by atoms with Crippen LogP contribution in [0.15, 0.2) is 177 Å². The van der Waals surface area contributed by atoms with Crippen LogP contribution in [-0.2, 0) is 6.54 Å². The van der Waals surface area contributed by atoms with Gasteiger partial charge in [-0.2, -0.15) is 4.98 Å². The zero-order valence-electron chi connectivity index (χ0n) is 36.7. The Morgan fingerprint density at radius 1 is 0.766 bits per heavy atom. The lowest BCUT2D eigenvalue weighted by atomic mass is 9.71. The SMILES string of the molecule is C=CC1C[N+]2(Cc3cc(-c4ccccc4)c(OC)c(-c4ccccc4)c3)CCC1CC2[C@@H](Oc1nc(-c2ccccc2)nc(Cl)c1-c1ccccc1)c1ccnc2ccc(C)cc12.[CH3-]. The summed E-state index contributed by atoms with van der Waals surface area (Å²) in [4.78, 5) is 15.0. The second kappa shape index (κ2) is 18.2. The van der Waals surface area contributed by atoms with E-state index in [2.05, 4.69) is 117 Å². The number of ether oxygens (including phenoxy) is 2. The van der Waals surface area contributed by atoms with Gasteiger partial charge < -0.3 is 21.4 Å². The van der Waals surface area contributed by atoms with Crippen LogP contribution in [0.1, 0.15) is 35.6 Å². The molecule has 0 radical (unpaired) electrons. The van der Waals surface area contributed by atoms with Crippen LogP contribution in [0, 0.1) is 26.2 Å². The number of fused-ring (bicyclic) bond motifs is 4. The van der Waals surface area contributed by atoms with E-state index in [9.17, 15) is 0 Å². The van der Waals surface area contributed by atoms with E-state index < -0.39 is 6.10 Å². The molecule has 2 bridgehead atoms. The van der Waals surface area contributed by atoms with Crippen molar-refractivity contribution in [3.05, 3.63) is 206 Å². The first-order valence-electron chi connectivity index (χ1n) is 21.9. The van der Waals surface area contributed by atoms with Crippen molar-refractivity contribution >= 4 is 22.5 Å². The molecule has 3 aliphatic heterocycles. The number of methoxy groups -OCH3 is 1. The topological polar surface area (TPSA) is 57.1 Å². The van der Waals surface area contributed by atoms with Crippen LogP contribution in [0.5, 0.6) is 11.6 Å². The van der Waals surface area contributed by atoms with E-state index in [0.717, 1.165) is 98.1 Å². The molecule has 8 aromatic rings. The summed E-state index contributed by atoms with van der Waals surface area (Å²) in [5, 5.41) is 1.43. The number of rotatable bonds is 12. The van der Waals surface area contributed by atoms with E-state index in [1.54, 1.807) is 7.11 Å². The second-order valence-corrected chi connectivity index (χ2v) is 17.6. The van der Waals surface area contributed by atoms with Crippen molar-refractivity contribution in [1.82, 2.24) is 15.0 Å². The normalized spacial score (nSPS) is 19.4. The van der Waals surface area contributed by atoms with Crippen molar-refractivity contribution in [1.29, 1.82) is 0 Å². The molecule has 5 heterocycles. The van der Waals surface area contributed by atoms with Gasteiger partial charge in [-0.15, -0.1) is 6.58 Å². The highest BCUT2D eigenvalue weighted by molar-refractivity contribution is 6.32. The number of halogens is 1. The van der Waals surface area contributed by atoms with E-state index in [1.165, 1.54) is 5.56 Å². The fourth-order valence-electron chi connectivity index (χ4n) is 10.5. The Hall–Kier alpha value is -6.60. The maximum Gasteiger partial charge on any atom is 0.227 e. The summed E-state index contributed by atoms with van der Waals surface area (Å²) in [5.74, 6) is 2.69. The standard InChI is InChI=1S/C56H50ClN4O2.CH3/c1-4-39-36-61(35-38-32-46(40-17-9-5-10-18-40)52(62-3)47(33-38)41-19-11-6-12-20-41)30-28-44(39)34-50(61)53(45-27-29-58-49-26-25-37(2)31-48(45)49)63-56-51(42-21-13-7-14-22-42)54(57)59-55(60-56)43-23-15-8-16-24-43;/h4-27,29,31-33,39,44,50,53H,1,28,30,34-36H2,2-3H3;1H3/q+1;-1/t39?,44?,50?,53-,61?;/m0./s1. The molecule has 320 valence electrons. The highest BCUT2D eigenvalue weighted by Crippen LogP contribution is 2.51. The van der Waals surface area contributed by atoms with E-state index in [-0.39, 0.29) is 13.5 Å². The Labute approximate surface area is 382 Å². The van der Waals surface area contributed by atoms with Crippen LogP contribution in [0.3, 0.4) is 0 Å². The summed E-state index contributed by atoms with van der Waals surface area (Å²) in [7, 11) is 1.78. The lowest BCUT2D eigenvalue weighted by Gasteiger charge is -2.58. The van der Waals surface area contributed by atoms with Gasteiger partial charge in [0.2, 0.25) is 5.88 Å². The van der Waals surface area contributed by atoms with Crippen LogP contribution in [0.25, 0.3) is 55.7 Å². The number of nitrogens with zero attached hydrogens (tertiary/aromatic N) is 4. The van der Waals surface area contributed by atoms with Gasteiger partial charge in [-0.1, -0.05) is 151 Å². The minimum Gasteiger partial charge on any atom is -0.495 e. The van der Waals surface area contributed by atoms with Crippen LogP contribution < -0.4 is 9.47 Å². The Bertz CT molecular complexity index is 2850. The van der Waals surface area contributed by atoms with Gasteiger partial charge in [-0.25, -0.2) is 4.98 Å². The third-order valence-electron chi connectivity index (χ3n) is 13.4. The van der Waals surface area contributed by atoms with Crippen LogP contribution >= 0.6 is 11.6 Å². The summed E-state index contributed by atoms with van der Waals surface area (Å²) in [5.41, 5.74) is 11.3. The number of aromatic nitrogens is 3. The molecule has 64 heavy (non-hydrogen) atoms. The van der Waals surface area contributed by atoms with Crippen molar-refractivity contribution in [3.63, 3.8) is 0 Å². The largest absolute Gasteiger partial charge is 0.495 e. The van der Waals surface area contributed by atoms with Gasteiger partial charge in [0.05, 0.1) is 31.3 Å². The zero-order chi connectivity index (χ0) is 42.9. The monoisotopic (exact) mass is 860 g/mol. The van der Waals surface area contributed by atoms with E-state index in [0.29, 0.717) is 34.3 Å². The van der Waals surface area contributed by atoms with E-state index in [4.69, 9.17) is 36.0 Å². The maximum atomic E-state index is 7.70. The van der Waals surface area contributed by atoms with E-state index >= 15 is 0 Å². The van der Waals surface area contributed by atoms with Crippen molar-refractivity contribution in [3.8, 4) is 56.4 Å². The molecule has 7 heteroatoms.